The molecule has 1 saturated heterocycles. The Labute approximate surface area is 182 Å². The molecular formula is C24H27N5O2. The van der Waals surface area contributed by atoms with E-state index < -0.39 is 0 Å². The molecule has 0 atom stereocenters. The summed E-state index contributed by atoms with van der Waals surface area (Å²) in [5.41, 5.74) is 2.65. The zero-order valence-corrected chi connectivity index (χ0v) is 17.7. The molecule has 2 amide bonds. The van der Waals surface area contributed by atoms with Gasteiger partial charge in [0.1, 0.15) is 5.82 Å². The Morgan fingerprint density at radius 3 is 2.26 bits per heavy atom. The molecule has 1 fully saturated rings. The molecule has 2 heterocycles. The molecule has 160 valence electrons. The number of carbonyl (C=O) groups is 2. The van der Waals surface area contributed by atoms with Gasteiger partial charge >= 0.3 is 0 Å². The van der Waals surface area contributed by atoms with Gasteiger partial charge in [0.2, 0.25) is 5.91 Å². The monoisotopic (exact) mass is 417 g/mol. The lowest BCUT2D eigenvalue weighted by molar-refractivity contribution is -0.116. The molecule has 0 bridgehead atoms. The number of nitrogens with one attached hydrogen (secondary N) is 1. The van der Waals surface area contributed by atoms with Crippen molar-refractivity contribution in [3.8, 4) is 0 Å². The van der Waals surface area contributed by atoms with E-state index in [0.29, 0.717) is 37.4 Å². The molecule has 0 spiro atoms. The largest absolute Gasteiger partial charge is 0.368 e. The summed E-state index contributed by atoms with van der Waals surface area (Å²) in [7, 11) is 1.73. The van der Waals surface area contributed by atoms with Crippen molar-refractivity contribution in [2.45, 2.75) is 12.8 Å². The van der Waals surface area contributed by atoms with E-state index in [1.54, 1.807) is 17.8 Å². The average Bonchev–Trinajstić information content (AvgIpc) is 3.18. The smallest absolute Gasteiger partial charge is 0.274 e. The molecule has 1 aromatic heterocycles. The fraction of sp³-hybridized carbons (Fsp3) is 0.292. The van der Waals surface area contributed by atoms with Crippen molar-refractivity contribution in [2.24, 2.45) is 7.05 Å². The molecule has 0 aliphatic carbocycles. The summed E-state index contributed by atoms with van der Waals surface area (Å²) in [4.78, 5) is 29.4. The summed E-state index contributed by atoms with van der Waals surface area (Å²) in [5, 5.41) is 7.20. The van der Waals surface area contributed by atoms with Crippen LogP contribution in [0.1, 0.15) is 22.5 Å². The van der Waals surface area contributed by atoms with Gasteiger partial charge in [0.15, 0.2) is 5.69 Å². The summed E-state index contributed by atoms with van der Waals surface area (Å²) in [6.07, 6.45) is 1.04. The van der Waals surface area contributed by atoms with Crippen molar-refractivity contribution in [3.05, 3.63) is 78.0 Å². The maximum absolute atomic E-state index is 12.9. The second-order valence-electron chi connectivity index (χ2n) is 7.69. The number of benzene rings is 2. The molecule has 1 aliphatic heterocycles. The van der Waals surface area contributed by atoms with Crippen LogP contribution in [0.5, 0.6) is 0 Å². The van der Waals surface area contributed by atoms with Crippen LogP contribution in [0.4, 0.5) is 11.5 Å². The third-order valence-electron chi connectivity index (χ3n) is 5.54. The number of aromatic nitrogens is 2. The molecule has 3 aromatic rings. The van der Waals surface area contributed by atoms with Crippen molar-refractivity contribution in [1.82, 2.24) is 14.7 Å². The van der Waals surface area contributed by atoms with E-state index in [9.17, 15) is 9.59 Å². The predicted molar refractivity (Wildman–Crippen MR) is 121 cm³/mol. The Hall–Kier alpha value is -3.61. The van der Waals surface area contributed by atoms with Crippen molar-refractivity contribution >= 4 is 23.3 Å². The Morgan fingerprint density at radius 2 is 1.58 bits per heavy atom. The highest BCUT2D eigenvalue weighted by molar-refractivity contribution is 5.95. The quantitative estimate of drug-likeness (QED) is 0.670. The number of rotatable bonds is 6. The lowest BCUT2D eigenvalue weighted by atomic mass is 10.1. The minimum atomic E-state index is -0.104. The topological polar surface area (TPSA) is 70.5 Å². The highest BCUT2D eigenvalue weighted by atomic mass is 16.2. The van der Waals surface area contributed by atoms with Crippen LogP contribution in [0.3, 0.4) is 0 Å². The highest BCUT2D eigenvalue weighted by Crippen LogP contribution is 2.18. The van der Waals surface area contributed by atoms with Crippen LogP contribution in [0.25, 0.3) is 0 Å². The first-order chi connectivity index (χ1) is 15.1. The van der Waals surface area contributed by atoms with Gasteiger partial charge in [-0.1, -0.05) is 48.5 Å². The molecule has 7 nitrogen and oxygen atoms in total. The van der Waals surface area contributed by atoms with Crippen LogP contribution >= 0.6 is 0 Å². The van der Waals surface area contributed by atoms with Gasteiger partial charge in [-0.3, -0.25) is 14.3 Å². The van der Waals surface area contributed by atoms with Crippen LogP contribution in [0.2, 0.25) is 0 Å². The van der Waals surface area contributed by atoms with E-state index in [4.69, 9.17) is 0 Å². The Kier molecular flexibility index (Phi) is 6.31. The van der Waals surface area contributed by atoms with E-state index in [-0.39, 0.29) is 11.8 Å². The maximum Gasteiger partial charge on any atom is 0.274 e. The minimum absolute atomic E-state index is 0.0951. The fourth-order valence-corrected chi connectivity index (χ4v) is 3.77. The number of piperazine rings is 1. The molecule has 1 N–H and O–H groups in total. The molecule has 4 rings (SSSR count). The number of carbonyl (C=O) groups excluding carboxylic acids is 2. The summed E-state index contributed by atoms with van der Waals surface area (Å²) >= 11 is 0. The van der Waals surface area contributed by atoms with Crippen molar-refractivity contribution in [2.75, 3.05) is 36.4 Å². The summed E-state index contributed by atoms with van der Waals surface area (Å²) in [6, 6.07) is 21.8. The fourth-order valence-electron chi connectivity index (χ4n) is 3.77. The van der Waals surface area contributed by atoms with Crippen LogP contribution in [0, 0.1) is 0 Å². The van der Waals surface area contributed by atoms with E-state index >= 15 is 0 Å². The van der Waals surface area contributed by atoms with Gasteiger partial charge in [0.05, 0.1) is 0 Å². The molecule has 0 radical (unpaired) electrons. The van der Waals surface area contributed by atoms with Gasteiger partial charge in [0.25, 0.3) is 5.91 Å². The second-order valence-corrected chi connectivity index (χ2v) is 7.69. The van der Waals surface area contributed by atoms with Gasteiger partial charge in [-0.25, -0.2) is 0 Å². The first-order valence-corrected chi connectivity index (χ1v) is 10.6. The van der Waals surface area contributed by atoms with Crippen molar-refractivity contribution < 1.29 is 9.59 Å². The SMILES string of the molecule is Cn1nc(C(=O)N2CCN(c3ccccc3)CC2)cc1NC(=O)CCc1ccccc1. The summed E-state index contributed by atoms with van der Waals surface area (Å²) in [5.74, 6) is 0.333. The molecular weight excluding hydrogens is 390 g/mol. The zero-order valence-electron chi connectivity index (χ0n) is 17.7. The highest BCUT2D eigenvalue weighted by Gasteiger charge is 2.25. The number of amides is 2. The third kappa shape index (κ3) is 5.12. The molecule has 0 saturated carbocycles. The molecule has 0 unspecified atom stereocenters. The van der Waals surface area contributed by atoms with Gasteiger partial charge in [-0.2, -0.15) is 5.10 Å². The number of anilines is 2. The van der Waals surface area contributed by atoms with Crippen molar-refractivity contribution in [3.63, 3.8) is 0 Å². The first-order valence-electron chi connectivity index (χ1n) is 10.6. The summed E-state index contributed by atoms with van der Waals surface area (Å²) < 4.78 is 1.55. The maximum atomic E-state index is 12.9. The Bertz CT molecular complexity index is 1020. The minimum Gasteiger partial charge on any atom is -0.368 e. The standard InChI is InChI=1S/C24H27N5O2/c1-27-22(25-23(30)13-12-19-8-4-2-5-9-19)18-21(26-27)24(31)29-16-14-28(15-17-29)20-10-6-3-7-11-20/h2-11,18H,12-17H2,1H3,(H,25,30). The normalized spacial score (nSPS) is 13.8. The lowest BCUT2D eigenvalue weighted by Gasteiger charge is -2.35. The molecule has 7 heteroatoms. The number of aryl methyl sites for hydroxylation is 2. The summed E-state index contributed by atoms with van der Waals surface area (Å²) in [6.45, 7) is 2.85. The third-order valence-corrected chi connectivity index (χ3v) is 5.54. The van der Waals surface area contributed by atoms with Gasteiger partial charge in [-0.15, -0.1) is 0 Å². The van der Waals surface area contributed by atoms with Crippen molar-refractivity contribution in [1.29, 1.82) is 0 Å². The van der Waals surface area contributed by atoms with E-state index in [0.717, 1.165) is 18.7 Å². The Balaban J connectivity index is 1.32. The van der Waals surface area contributed by atoms with E-state index in [2.05, 4.69) is 27.4 Å². The number of hydrogen-bond donors (Lipinski definition) is 1. The predicted octanol–water partition coefficient (Wildman–Crippen LogP) is 2.95. The first kappa shape index (κ1) is 20.7. The molecule has 2 aromatic carbocycles. The molecule has 1 aliphatic rings. The average molecular weight is 418 g/mol. The van der Waals surface area contributed by atoms with Crippen LogP contribution < -0.4 is 10.2 Å². The van der Waals surface area contributed by atoms with Gasteiger partial charge < -0.3 is 15.1 Å². The van der Waals surface area contributed by atoms with E-state index in [1.165, 1.54) is 5.69 Å². The van der Waals surface area contributed by atoms with Crippen LogP contribution in [0.15, 0.2) is 66.7 Å². The van der Waals surface area contributed by atoms with Gasteiger partial charge in [0, 0.05) is 51.4 Å². The van der Waals surface area contributed by atoms with Crippen LogP contribution in [-0.4, -0.2) is 52.7 Å². The number of nitrogens with zero attached hydrogens (tertiary/aromatic N) is 4. The molecule has 31 heavy (non-hydrogen) atoms. The van der Waals surface area contributed by atoms with Gasteiger partial charge in [-0.05, 0) is 24.1 Å². The second kappa shape index (κ2) is 9.47. The Morgan fingerprint density at radius 1 is 0.935 bits per heavy atom. The zero-order chi connectivity index (χ0) is 21.6. The van der Waals surface area contributed by atoms with E-state index in [1.807, 2.05) is 53.4 Å². The number of hydrogen-bond acceptors (Lipinski definition) is 4. The number of para-hydroxylation sites is 1. The van der Waals surface area contributed by atoms with Crippen LogP contribution in [-0.2, 0) is 18.3 Å². The lowest BCUT2D eigenvalue weighted by Crippen LogP contribution is -2.48.